The van der Waals surface area contributed by atoms with Crippen molar-refractivity contribution >= 4 is 33.7 Å². The van der Waals surface area contributed by atoms with Crippen molar-refractivity contribution < 1.29 is 4.79 Å². The van der Waals surface area contributed by atoms with Crippen molar-refractivity contribution in [3.63, 3.8) is 0 Å². The summed E-state index contributed by atoms with van der Waals surface area (Å²) in [4.78, 5) is 17.7. The predicted octanol–water partition coefficient (Wildman–Crippen LogP) is 2.15. The average Bonchev–Trinajstić information content (AvgIpc) is 2.88. The smallest absolute Gasteiger partial charge is 0.248 e. The topological polar surface area (TPSA) is 68.0 Å². The van der Waals surface area contributed by atoms with Crippen LogP contribution in [0, 0.1) is 6.92 Å². The van der Waals surface area contributed by atoms with Crippen LogP contribution in [0.5, 0.6) is 0 Å². The highest BCUT2D eigenvalue weighted by Gasteiger charge is 2.17. The van der Waals surface area contributed by atoms with Gasteiger partial charge in [-0.3, -0.25) is 4.79 Å². The minimum absolute atomic E-state index is 0.225. The Labute approximate surface area is 101 Å². The lowest BCUT2D eigenvalue weighted by Crippen LogP contribution is -2.26. The minimum atomic E-state index is -0.621. The van der Waals surface area contributed by atoms with Gasteiger partial charge in [0.1, 0.15) is 6.04 Å². The molecule has 0 fully saturated rings. The first-order valence-electron chi connectivity index (χ1n) is 4.69. The SMILES string of the molecule is Cc1cnc(NC(=O)C(N)c2cccs2)s1. The zero-order chi connectivity index (χ0) is 11.5. The van der Waals surface area contributed by atoms with Crippen LogP contribution in [0.2, 0.25) is 0 Å². The van der Waals surface area contributed by atoms with Gasteiger partial charge >= 0.3 is 0 Å². The Morgan fingerprint density at radius 3 is 3.00 bits per heavy atom. The molecule has 1 unspecified atom stereocenters. The molecule has 1 amide bonds. The lowest BCUT2D eigenvalue weighted by molar-refractivity contribution is -0.117. The second kappa shape index (κ2) is 4.73. The van der Waals surface area contributed by atoms with Crippen LogP contribution in [0.1, 0.15) is 15.8 Å². The van der Waals surface area contributed by atoms with E-state index in [4.69, 9.17) is 5.73 Å². The molecule has 0 saturated heterocycles. The standard InChI is InChI=1S/C10H11N3OS2/c1-6-5-12-10(16-6)13-9(14)8(11)7-3-2-4-15-7/h2-5,8H,11H2,1H3,(H,12,13,14). The maximum atomic E-state index is 11.8. The monoisotopic (exact) mass is 253 g/mol. The first-order chi connectivity index (χ1) is 7.66. The van der Waals surface area contributed by atoms with Crippen molar-refractivity contribution in [2.24, 2.45) is 5.73 Å². The number of hydrogen-bond donors (Lipinski definition) is 2. The molecule has 1 atom stereocenters. The average molecular weight is 253 g/mol. The van der Waals surface area contributed by atoms with Gasteiger partial charge in [0.2, 0.25) is 5.91 Å². The Hall–Kier alpha value is -1.24. The minimum Gasteiger partial charge on any atom is -0.316 e. The summed E-state index contributed by atoms with van der Waals surface area (Å²) in [7, 11) is 0. The Kier molecular flexibility index (Phi) is 3.33. The van der Waals surface area contributed by atoms with Crippen LogP contribution < -0.4 is 11.1 Å². The molecule has 16 heavy (non-hydrogen) atoms. The third kappa shape index (κ3) is 2.46. The van der Waals surface area contributed by atoms with Crippen LogP contribution in [0.4, 0.5) is 5.13 Å². The van der Waals surface area contributed by atoms with Crippen LogP contribution in [-0.2, 0) is 4.79 Å². The molecule has 2 heterocycles. The van der Waals surface area contributed by atoms with Crippen molar-refractivity contribution in [3.05, 3.63) is 33.5 Å². The molecule has 2 aromatic rings. The molecule has 6 heteroatoms. The summed E-state index contributed by atoms with van der Waals surface area (Å²) >= 11 is 2.91. The van der Waals surface area contributed by atoms with E-state index in [2.05, 4.69) is 10.3 Å². The third-order valence-electron chi connectivity index (χ3n) is 1.98. The Bertz CT molecular complexity index is 478. The number of carbonyl (C=O) groups excluding carboxylic acids is 1. The van der Waals surface area contributed by atoms with Crippen molar-refractivity contribution in [1.29, 1.82) is 0 Å². The zero-order valence-electron chi connectivity index (χ0n) is 8.64. The normalized spacial score (nSPS) is 12.4. The van der Waals surface area contributed by atoms with E-state index in [-0.39, 0.29) is 5.91 Å². The van der Waals surface area contributed by atoms with Crippen LogP contribution in [-0.4, -0.2) is 10.9 Å². The second-order valence-corrected chi connectivity index (χ2v) is 5.47. The van der Waals surface area contributed by atoms with E-state index < -0.39 is 6.04 Å². The fourth-order valence-corrected chi connectivity index (χ4v) is 2.59. The summed E-state index contributed by atoms with van der Waals surface area (Å²) < 4.78 is 0. The first kappa shape index (κ1) is 11.3. The zero-order valence-corrected chi connectivity index (χ0v) is 10.3. The highest BCUT2D eigenvalue weighted by molar-refractivity contribution is 7.15. The van der Waals surface area contributed by atoms with Gasteiger partial charge in [0.25, 0.3) is 0 Å². The number of anilines is 1. The van der Waals surface area contributed by atoms with Crippen LogP contribution >= 0.6 is 22.7 Å². The molecule has 84 valence electrons. The van der Waals surface area contributed by atoms with Crippen molar-refractivity contribution in [1.82, 2.24) is 4.98 Å². The quantitative estimate of drug-likeness (QED) is 0.880. The van der Waals surface area contributed by atoms with Gasteiger partial charge in [-0.15, -0.1) is 22.7 Å². The molecule has 4 nitrogen and oxygen atoms in total. The predicted molar refractivity (Wildman–Crippen MR) is 66.7 cm³/mol. The van der Waals surface area contributed by atoms with E-state index in [1.165, 1.54) is 22.7 Å². The number of thiophene rings is 1. The molecule has 0 bridgehead atoms. The van der Waals surface area contributed by atoms with Gasteiger partial charge in [-0.25, -0.2) is 4.98 Å². The molecule has 0 aromatic carbocycles. The van der Waals surface area contributed by atoms with E-state index in [1.807, 2.05) is 24.4 Å². The van der Waals surface area contributed by atoms with Crippen LogP contribution in [0.3, 0.4) is 0 Å². The summed E-state index contributed by atoms with van der Waals surface area (Å²) in [5.41, 5.74) is 5.81. The first-order valence-corrected chi connectivity index (χ1v) is 6.38. The number of thiazole rings is 1. The molecule has 2 aromatic heterocycles. The molecule has 0 spiro atoms. The van der Waals surface area contributed by atoms with Gasteiger partial charge < -0.3 is 11.1 Å². The highest BCUT2D eigenvalue weighted by atomic mass is 32.1. The Morgan fingerprint density at radius 2 is 2.44 bits per heavy atom. The summed E-state index contributed by atoms with van der Waals surface area (Å²) in [6.07, 6.45) is 1.72. The van der Waals surface area contributed by atoms with Gasteiger partial charge in [0.15, 0.2) is 5.13 Å². The van der Waals surface area contributed by atoms with E-state index in [0.29, 0.717) is 5.13 Å². The molecule has 2 rings (SSSR count). The number of hydrogen-bond acceptors (Lipinski definition) is 5. The number of nitrogens with zero attached hydrogens (tertiary/aromatic N) is 1. The molecule has 0 aliphatic heterocycles. The summed E-state index contributed by atoms with van der Waals surface area (Å²) in [6, 6.07) is 3.10. The van der Waals surface area contributed by atoms with Gasteiger partial charge in [-0.05, 0) is 18.4 Å². The number of rotatable bonds is 3. The lowest BCUT2D eigenvalue weighted by atomic mass is 10.2. The van der Waals surface area contributed by atoms with Crippen molar-refractivity contribution in [2.45, 2.75) is 13.0 Å². The molecule has 0 aliphatic carbocycles. The molecule has 3 N–H and O–H groups in total. The second-order valence-electron chi connectivity index (χ2n) is 3.26. The molecule has 0 saturated carbocycles. The van der Waals surface area contributed by atoms with E-state index in [1.54, 1.807) is 6.20 Å². The van der Waals surface area contributed by atoms with Crippen LogP contribution in [0.25, 0.3) is 0 Å². The third-order valence-corrected chi connectivity index (χ3v) is 3.77. The van der Waals surface area contributed by atoms with E-state index in [0.717, 1.165) is 9.75 Å². The Balaban J connectivity index is 2.03. The maximum Gasteiger partial charge on any atom is 0.248 e. The van der Waals surface area contributed by atoms with E-state index >= 15 is 0 Å². The fourth-order valence-electron chi connectivity index (χ4n) is 1.19. The van der Waals surface area contributed by atoms with E-state index in [9.17, 15) is 4.79 Å². The Morgan fingerprint density at radius 1 is 1.62 bits per heavy atom. The summed E-state index contributed by atoms with van der Waals surface area (Å²) in [5, 5.41) is 5.19. The number of carbonyl (C=O) groups is 1. The fraction of sp³-hybridized carbons (Fsp3) is 0.200. The number of amides is 1. The largest absolute Gasteiger partial charge is 0.316 e. The molecule has 0 aliphatic rings. The van der Waals surface area contributed by atoms with Gasteiger partial charge in [-0.1, -0.05) is 6.07 Å². The van der Waals surface area contributed by atoms with Crippen molar-refractivity contribution in [3.8, 4) is 0 Å². The maximum absolute atomic E-state index is 11.8. The van der Waals surface area contributed by atoms with Crippen LogP contribution in [0.15, 0.2) is 23.7 Å². The van der Waals surface area contributed by atoms with Gasteiger partial charge in [-0.2, -0.15) is 0 Å². The summed E-state index contributed by atoms with van der Waals surface area (Å²) in [5.74, 6) is -0.225. The molecular formula is C10H11N3OS2. The number of aryl methyl sites for hydroxylation is 1. The lowest BCUT2D eigenvalue weighted by Gasteiger charge is -2.08. The van der Waals surface area contributed by atoms with Gasteiger partial charge in [0, 0.05) is 16.0 Å². The number of nitrogens with one attached hydrogen (secondary N) is 1. The molecule has 0 radical (unpaired) electrons. The van der Waals surface area contributed by atoms with Gasteiger partial charge in [0.05, 0.1) is 0 Å². The molecular weight excluding hydrogens is 242 g/mol. The highest BCUT2D eigenvalue weighted by Crippen LogP contribution is 2.21. The number of nitrogens with two attached hydrogens (primary N) is 1. The summed E-state index contributed by atoms with van der Waals surface area (Å²) in [6.45, 7) is 1.94. The van der Waals surface area contributed by atoms with Crippen molar-refractivity contribution in [2.75, 3.05) is 5.32 Å². The number of aromatic nitrogens is 1.